The number of nitrogens with zero attached hydrogens (tertiary/aromatic N) is 2. The number of rotatable bonds is 5. The molecule has 1 saturated heterocycles. The van der Waals surface area contributed by atoms with Crippen molar-refractivity contribution in [2.75, 3.05) is 26.3 Å². The van der Waals surface area contributed by atoms with Gasteiger partial charge in [0.05, 0.1) is 18.1 Å². The number of hydrogen-bond acceptors (Lipinski definition) is 5. The van der Waals surface area contributed by atoms with Crippen LogP contribution in [0, 0.1) is 24.0 Å². The number of non-ortho nitro benzene ring substituents is 1. The third-order valence-electron chi connectivity index (χ3n) is 4.41. The molecular weight excluding hydrogens is 320 g/mol. The highest BCUT2D eigenvalue weighted by atomic mass is 16.6. The van der Waals surface area contributed by atoms with Crippen LogP contribution in [0.15, 0.2) is 36.4 Å². The quantitative estimate of drug-likeness (QED) is 0.610. The molecule has 0 bridgehead atoms. The van der Waals surface area contributed by atoms with Gasteiger partial charge < -0.3 is 9.47 Å². The van der Waals surface area contributed by atoms with Gasteiger partial charge in [-0.3, -0.25) is 15.0 Å². The molecule has 25 heavy (non-hydrogen) atoms. The van der Waals surface area contributed by atoms with Crippen molar-refractivity contribution in [1.82, 2.24) is 4.90 Å². The molecule has 2 aromatic carbocycles. The Kier molecular flexibility index (Phi) is 5.31. The molecule has 132 valence electrons. The molecular formula is C19H22N2O4. The van der Waals surface area contributed by atoms with Crippen molar-refractivity contribution in [3.63, 3.8) is 0 Å². The zero-order valence-corrected chi connectivity index (χ0v) is 14.5. The van der Waals surface area contributed by atoms with E-state index in [1.807, 2.05) is 13.0 Å². The van der Waals surface area contributed by atoms with Crippen molar-refractivity contribution in [3.05, 3.63) is 63.2 Å². The summed E-state index contributed by atoms with van der Waals surface area (Å²) in [7, 11) is 0. The van der Waals surface area contributed by atoms with E-state index in [0.29, 0.717) is 5.75 Å². The van der Waals surface area contributed by atoms with E-state index in [1.54, 1.807) is 12.1 Å². The minimum atomic E-state index is -0.417. The van der Waals surface area contributed by atoms with Gasteiger partial charge in [0, 0.05) is 31.8 Å². The summed E-state index contributed by atoms with van der Waals surface area (Å²) < 4.78 is 11.3. The van der Waals surface area contributed by atoms with Crippen LogP contribution in [-0.2, 0) is 11.3 Å². The minimum absolute atomic E-state index is 0.0566. The van der Waals surface area contributed by atoms with Crippen LogP contribution in [0.1, 0.15) is 16.7 Å². The first-order valence-electron chi connectivity index (χ1n) is 8.35. The van der Waals surface area contributed by atoms with E-state index >= 15 is 0 Å². The molecule has 1 heterocycles. The molecule has 1 aliphatic rings. The second-order valence-corrected chi connectivity index (χ2v) is 6.29. The molecule has 2 aromatic rings. The van der Waals surface area contributed by atoms with E-state index in [-0.39, 0.29) is 5.69 Å². The van der Waals surface area contributed by atoms with E-state index in [4.69, 9.17) is 9.47 Å². The van der Waals surface area contributed by atoms with Crippen LogP contribution >= 0.6 is 0 Å². The standard InChI is InChI=1S/C19H22N2O4/c1-14-12-19(25-18-5-3-17(4-6-18)21(22)23)15(2)11-16(14)13-20-7-9-24-10-8-20/h3-6,11-12H,7-10,13H2,1-2H3. The zero-order valence-electron chi connectivity index (χ0n) is 14.5. The highest BCUT2D eigenvalue weighted by Crippen LogP contribution is 2.29. The van der Waals surface area contributed by atoms with Gasteiger partial charge in [0.15, 0.2) is 0 Å². The van der Waals surface area contributed by atoms with Gasteiger partial charge in [-0.1, -0.05) is 6.07 Å². The summed E-state index contributed by atoms with van der Waals surface area (Å²) >= 11 is 0. The molecule has 1 aliphatic heterocycles. The normalized spacial score (nSPS) is 15.1. The molecule has 1 fully saturated rings. The van der Waals surface area contributed by atoms with Crippen LogP contribution in [0.3, 0.4) is 0 Å². The number of ether oxygens (including phenoxy) is 2. The third kappa shape index (κ3) is 4.35. The molecule has 0 spiro atoms. The molecule has 0 aliphatic carbocycles. The first-order valence-corrected chi connectivity index (χ1v) is 8.35. The predicted molar refractivity (Wildman–Crippen MR) is 95.2 cm³/mol. The number of aryl methyl sites for hydroxylation is 2. The molecule has 0 radical (unpaired) electrons. The summed E-state index contributed by atoms with van der Waals surface area (Å²) in [6.07, 6.45) is 0. The van der Waals surface area contributed by atoms with Crippen molar-refractivity contribution in [2.45, 2.75) is 20.4 Å². The number of hydrogen-bond donors (Lipinski definition) is 0. The van der Waals surface area contributed by atoms with Crippen LogP contribution in [0.2, 0.25) is 0 Å². The molecule has 0 N–H and O–H groups in total. The van der Waals surface area contributed by atoms with Gasteiger partial charge in [0.2, 0.25) is 0 Å². The molecule has 0 unspecified atom stereocenters. The Balaban J connectivity index is 1.73. The Labute approximate surface area is 147 Å². The molecule has 6 heteroatoms. The lowest BCUT2D eigenvalue weighted by molar-refractivity contribution is -0.384. The van der Waals surface area contributed by atoms with Crippen LogP contribution in [0.4, 0.5) is 5.69 Å². The lowest BCUT2D eigenvalue weighted by Crippen LogP contribution is -2.35. The fourth-order valence-corrected chi connectivity index (χ4v) is 2.89. The first-order chi connectivity index (χ1) is 12.0. The fraction of sp³-hybridized carbons (Fsp3) is 0.368. The van der Waals surface area contributed by atoms with Gasteiger partial charge >= 0.3 is 0 Å². The van der Waals surface area contributed by atoms with Gasteiger partial charge in [-0.25, -0.2) is 0 Å². The van der Waals surface area contributed by atoms with E-state index in [9.17, 15) is 10.1 Å². The van der Waals surface area contributed by atoms with Crippen LogP contribution in [-0.4, -0.2) is 36.1 Å². The van der Waals surface area contributed by atoms with E-state index < -0.39 is 4.92 Å². The lowest BCUT2D eigenvalue weighted by Gasteiger charge is -2.27. The van der Waals surface area contributed by atoms with E-state index in [0.717, 1.165) is 44.2 Å². The average Bonchev–Trinajstić information content (AvgIpc) is 2.60. The van der Waals surface area contributed by atoms with Gasteiger partial charge in [0.1, 0.15) is 11.5 Å². The van der Waals surface area contributed by atoms with E-state index in [1.165, 1.54) is 23.3 Å². The zero-order chi connectivity index (χ0) is 17.8. The van der Waals surface area contributed by atoms with Crippen molar-refractivity contribution >= 4 is 5.69 Å². The SMILES string of the molecule is Cc1cc(Oc2ccc([N+](=O)[O-])cc2)c(C)cc1CN1CCOCC1. The van der Waals surface area contributed by atoms with Gasteiger partial charge in [0.25, 0.3) is 5.69 Å². The Morgan fingerprint density at radius 1 is 1.12 bits per heavy atom. The fourth-order valence-electron chi connectivity index (χ4n) is 2.89. The number of nitro benzene ring substituents is 1. The summed E-state index contributed by atoms with van der Waals surface area (Å²) in [6.45, 7) is 8.51. The topological polar surface area (TPSA) is 64.8 Å². The summed E-state index contributed by atoms with van der Waals surface area (Å²) in [5, 5.41) is 10.7. The van der Waals surface area contributed by atoms with Crippen molar-refractivity contribution in [1.29, 1.82) is 0 Å². The second-order valence-electron chi connectivity index (χ2n) is 6.29. The Hall–Kier alpha value is -2.44. The van der Waals surface area contributed by atoms with Gasteiger partial charge in [-0.15, -0.1) is 0 Å². The van der Waals surface area contributed by atoms with Crippen LogP contribution in [0.5, 0.6) is 11.5 Å². The smallest absolute Gasteiger partial charge is 0.269 e. The molecule has 0 atom stereocenters. The van der Waals surface area contributed by atoms with Crippen molar-refractivity contribution < 1.29 is 14.4 Å². The number of nitro groups is 1. The summed E-state index contributed by atoms with van der Waals surface area (Å²) in [6, 6.07) is 10.3. The maximum Gasteiger partial charge on any atom is 0.269 e. The predicted octanol–water partition coefficient (Wildman–Crippen LogP) is 3.84. The molecule has 6 nitrogen and oxygen atoms in total. The third-order valence-corrected chi connectivity index (χ3v) is 4.41. The number of morpholine rings is 1. The van der Waals surface area contributed by atoms with Crippen molar-refractivity contribution in [2.24, 2.45) is 0 Å². The maximum atomic E-state index is 10.7. The summed E-state index contributed by atoms with van der Waals surface area (Å²) in [4.78, 5) is 12.7. The average molecular weight is 342 g/mol. The molecule has 0 saturated carbocycles. The summed E-state index contributed by atoms with van der Waals surface area (Å²) in [5.41, 5.74) is 3.57. The van der Waals surface area contributed by atoms with Crippen LogP contribution in [0.25, 0.3) is 0 Å². The van der Waals surface area contributed by atoms with Gasteiger partial charge in [-0.05, 0) is 48.7 Å². The lowest BCUT2D eigenvalue weighted by atomic mass is 10.0. The Morgan fingerprint density at radius 2 is 1.80 bits per heavy atom. The monoisotopic (exact) mass is 342 g/mol. The first kappa shape index (κ1) is 17.4. The minimum Gasteiger partial charge on any atom is -0.457 e. The Bertz CT molecular complexity index is 753. The second kappa shape index (κ2) is 7.63. The largest absolute Gasteiger partial charge is 0.457 e. The molecule has 0 amide bonds. The van der Waals surface area contributed by atoms with Crippen molar-refractivity contribution in [3.8, 4) is 11.5 Å². The number of benzene rings is 2. The highest BCUT2D eigenvalue weighted by Gasteiger charge is 2.14. The molecule has 0 aromatic heterocycles. The van der Waals surface area contributed by atoms with Gasteiger partial charge in [-0.2, -0.15) is 0 Å². The molecule has 3 rings (SSSR count). The Morgan fingerprint density at radius 3 is 2.44 bits per heavy atom. The maximum absolute atomic E-state index is 10.7. The highest BCUT2D eigenvalue weighted by molar-refractivity contribution is 5.45. The summed E-state index contributed by atoms with van der Waals surface area (Å²) in [5.74, 6) is 1.37. The van der Waals surface area contributed by atoms with Crippen LogP contribution < -0.4 is 4.74 Å². The van der Waals surface area contributed by atoms with E-state index in [2.05, 4.69) is 17.9 Å².